The molecule has 2 aromatic carbocycles. The zero-order valence-electron chi connectivity index (χ0n) is 17.6. The Morgan fingerprint density at radius 3 is 2.62 bits per heavy atom. The van der Waals surface area contributed by atoms with Crippen molar-refractivity contribution in [2.24, 2.45) is 0 Å². The van der Waals surface area contributed by atoms with Crippen LogP contribution in [-0.2, 0) is 9.53 Å². The molecule has 0 radical (unpaired) electrons. The van der Waals surface area contributed by atoms with Crippen LogP contribution in [0.4, 0.5) is 23.7 Å². The first-order valence-corrected chi connectivity index (χ1v) is 10.2. The number of benzene rings is 2. The molecule has 12 heteroatoms. The van der Waals surface area contributed by atoms with Crippen molar-refractivity contribution < 1.29 is 32.3 Å². The minimum Gasteiger partial charge on any atom is -0.442 e. The summed E-state index contributed by atoms with van der Waals surface area (Å²) in [6.45, 7) is 0.0423. The van der Waals surface area contributed by atoms with Gasteiger partial charge < -0.3 is 10.1 Å². The topological polar surface area (TPSA) is 106 Å². The molecule has 176 valence electrons. The minimum atomic E-state index is -0.992. The normalized spacial score (nSPS) is 15.3. The number of nitrogens with zero attached hydrogens (tertiary/aromatic N) is 4. The largest absolute Gasteiger partial charge is 0.442 e. The number of cyclic esters (lactones) is 1. The molecular weight excluding hydrogens is 455 g/mol. The third-order valence-corrected chi connectivity index (χ3v) is 5.12. The third-order valence-electron chi connectivity index (χ3n) is 5.12. The number of amides is 2. The molecule has 0 bridgehead atoms. The van der Waals surface area contributed by atoms with Gasteiger partial charge in [0.25, 0.3) is 0 Å². The number of ketones is 1. The van der Waals surface area contributed by atoms with E-state index < -0.39 is 41.3 Å². The summed E-state index contributed by atoms with van der Waals surface area (Å²) in [7, 11) is 0. The lowest BCUT2D eigenvalue weighted by Crippen LogP contribution is -2.34. The molecule has 2 heterocycles. The number of Topliss-reactive ketones (excluding diaryl/α,β-unsaturated/α-hetero) is 1. The minimum absolute atomic E-state index is 0.0281. The lowest BCUT2D eigenvalue weighted by atomic mass is 10.1. The Bertz CT molecular complexity index is 1240. The fourth-order valence-corrected chi connectivity index (χ4v) is 3.41. The molecule has 0 saturated carbocycles. The van der Waals surface area contributed by atoms with Gasteiger partial charge in [0, 0.05) is 18.9 Å². The number of halogens is 3. The second-order valence-corrected chi connectivity index (χ2v) is 7.44. The van der Waals surface area contributed by atoms with Gasteiger partial charge in [0.05, 0.1) is 24.3 Å². The van der Waals surface area contributed by atoms with E-state index in [0.29, 0.717) is 6.07 Å². The monoisotopic (exact) mass is 473 g/mol. The van der Waals surface area contributed by atoms with E-state index in [-0.39, 0.29) is 42.9 Å². The fourth-order valence-electron chi connectivity index (χ4n) is 3.41. The van der Waals surface area contributed by atoms with Crippen molar-refractivity contribution in [3.63, 3.8) is 0 Å². The Kier molecular flexibility index (Phi) is 6.57. The molecule has 1 N–H and O–H groups in total. The Morgan fingerprint density at radius 1 is 1.09 bits per heavy atom. The zero-order valence-corrected chi connectivity index (χ0v) is 17.6. The van der Waals surface area contributed by atoms with Crippen LogP contribution in [0.25, 0.3) is 5.69 Å². The maximum atomic E-state index is 14.5. The van der Waals surface area contributed by atoms with Crippen LogP contribution in [0.2, 0.25) is 0 Å². The van der Waals surface area contributed by atoms with Crippen LogP contribution in [-0.4, -0.2) is 51.7 Å². The van der Waals surface area contributed by atoms with E-state index in [2.05, 4.69) is 15.4 Å². The zero-order chi connectivity index (χ0) is 24.2. The summed E-state index contributed by atoms with van der Waals surface area (Å²) in [5.74, 6) is -3.55. The number of nitrogens with one attached hydrogen (secondary N) is 1. The highest BCUT2D eigenvalue weighted by Crippen LogP contribution is 2.25. The Labute approximate surface area is 191 Å². The first-order valence-electron chi connectivity index (χ1n) is 10.2. The van der Waals surface area contributed by atoms with Crippen molar-refractivity contribution in [1.82, 2.24) is 20.1 Å². The highest BCUT2D eigenvalue weighted by Gasteiger charge is 2.33. The molecule has 34 heavy (non-hydrogen) atoms. The molecule has 0 unspecified atom stereocenters. The van der Waals surface area contributed by atoms with E-state index in [9.17, 15) is 27.6 Å². The molecule has 0 aliphatic carbocycles. The van der Waals surface area contributed by atoms with Gasteiger partial charge >= 0.3 is 6.09 Å². The maximum Gasteiger partial charge on any atom is 0.414 e. The quantitative estimate of drug-likeness (QED) is 0.505. The average Bonchev–Trinajstić information content (AvgIpc) is 3.46. The molecule has 1 aromatic heterocycles. The lowest BCUT2D eigenvalue weighted by Gasteiger charge is -2.14. The van der Waals surface area contributed by atoms with Gasteiger partial charge in [-0.2, -0.15) is 5.10 Å². The SMILES string of the molecule is O=C(CCC(=O)c1ccc(F)cc1F)NC[C@H]1CN(c2ccc(-n3cncn3)c(F)c2)C(=O)O1. The molecule has 4 rings (SSSR count). The predicted octanol–water partition coefficient (Wildman–Crippen LogP) is 2.79. The van der Waals surface area contributed by atoms with Gasteiger partial charge in [-0.25, -0.2) is 27.6 Å². The lowest BCUT2D eigenvalue weighted by molar-refractivity contribution is -0.121. The smallest absolute Gasteiger partial charge is 0.414 e. The highest BCUT2D eigenvalue weighted by atomic mass is 19.1. The van der Waals surface area contributed by atoms with Crippen LogP contribution in [0.15, 0.2) is 49.1 Å². The van der Waals surface area contributed by atoms with E-state index in [1.54, 1.807) is 0 Å². The van der Waals surface area contributed by atoms with Crippen LogP contribution >= 0.6 is 0 Å². The van der Waals surface area contributed by atoms with E-state index in [0.717, 1.165) is 12.1 Å². The van der Waals surface area contributed by atoms with Gasteiger partial charge in [-0.05, 0) is 30.3 Å². The summed E-state index contributed by atoms with van der Waals surface area (Å²) < 4.78 is 47.5. The van der Waals surface area contributed by atoms with Crippen molar-refractivity contribution >= 4 is 23.5 Å². The van der Waals surface area contributed by atoms with Crippen LogP contribution in [0.5, 0.6) is 0 Å². The second kappa shape index (κ2) is 9.73. The van der Waals surface area contributed by atoms with Gasteiger partial charge in [-0.3, -0.25) is 14.5 Å². The molecule has 0 spiro atoms. The van der Waals surface area contributed by atoms with E-state index in [1.807, 2.05) is 0 Å². The fraction of sp³-hybridized carbons (Fsp3) is 0.227. The number of hydrogen-bond donors (Lipinski definition) is 1. The maximum absolute atomic E-state index is 14.5. The Balaban J connectivity index is 1.28. The summed E-state index contributed by atoms with van der Waals surface area (Å²) in [6, 6.07) is 6.73. The summed E-state index contributed by atoms with van der Waals surface area (Å²) in [6.07, 6.45) is 0.706. The number of aromatic nitrogens is 3. The first kappa shape index (κ1) is 23.0. The molecular formula is C22H18F3N5O4. The van der Waals surface area contributed by atoms with Crippen molar-refractivity contribution in [3.8, 4) is 5.69 Å². The Hall–Kier alpha value is -4.22. The summed E-state index contributed by atoms with van der Waals surface area (Å²) in [4.78, 5) is 41.3. The number of rotatable bonds is 8. The van der Waals surface area contributed by atoms with Gasteiger partial charge in [-0.1, -0.05) is 0 Å². The third kappa shape index (κ3) is 5.05. The van der Waals surface area contributed by atoms with Gasteiger partial charge in [-0.15, -0.1) is 0 Å². The number of ether oxygens (including phenoxy) is 1. The molecule has 9 nitrogen and oxygen atoms in total. The van der Waals surface area contributed by atoms with E-state index in [1.165, 1.54) is 40.4 Å². The number of anilines is 1. The predicted molar refractivity (Wildman–Crippen MR) is 112 cm³/mol. The van der Waals surface area contributed by atoms with Crippen molar-refractivity contribution in [3.05, 3.63) is 72.1 Å². The van der Waals surface area contributed by atoms with Gasteiger partial charge in [0.1, 0.15) is 36.1 Å². The van der Waals surface area contributed by atoms with Gasteiger partial charge in [0.15, 0.2) is 11.6 Å². The molecule has 1 fully saturated rings. The number of carbonyl (C=O) groups is 3. The van der Waals surface area contributed by atoms with Crippen LogP contribution in [0, 0.1) is 17.5 Å². The molecule has 1 saturated heterocycles. The number of hydrogen-bond acceptors (Lipinski definition) is 6. The average molecular weight is 473 g/mol. The molecule has 1 aliphatic rings. The highest BCUT2D eigenvalue weighted by molar-refractivity contribution is 5.98. The molecule has 3 aromatic rings. The van der Waals surface area contributed by atoms with Crippen LogP contribution in [0.3, 0.4) is 0 Å². The summed E-state index contributed by atoms with van der Waals surface area (Å²) in [5, 5.41) is 6.40. The van der Waals surface area contributed by atoms with Crippen LogP contribution < -0.4 is 10.2 Å². The van der Waals surface area contributed by atoms with Crippen molar-refractivity contribution in [1.29, 1.82) is 0 Å². The van der Waals surface area contributed by atoms with E-state index >= 15 is 0 Å². The van der Waals surface area contributed by atoms with Crippen molar-refractivity contribution in [2.45, 2.75) is 18.9 Å². The Morgan fingerprint density at radius 2 is 1.91 bits per heavy atom. The summed E-state index contributed by atoms with van der Waals surface area (Å²) in [5.41, 5.74) is 0.136. The molecule has 1 atom stereocenters. The second-order valence-electron chi connectivity index (χ2n) is 7.44. The number of carbonyl (C=O) groups excluding carboxylic acids is 3. The standard InChI is InChI=1S/C22H18F3N5O4/c23-13-1-3-16(17(24)7-13)20(31)5-6-21(32)27-9-15-10-29(22(33)34-15)14-2-4-19(18(25)8-14)30-12-26-11-28-30/h1-4,7-8,11-12,15H,5-6,9-10H2,(H,27,32)/t15-/m0/s1. The first-order chi connectivity index (χ1) is 16.3. The molecule has 2 amide bonds. The van der Waals surface area contributed by atoms with Crippen LogP contribution in [0.1, 0.15) is 23.2 Å². The van der Waals surface area contributed by atoms with Gasteiger partial charge in [0.2, 0.25) is 5.91 Å². The molecule has 1 aliphatic heterocycles. The summed E-state index contributed by atoms with van der Waals surface area (Å²) >= 11 is 0. The van der Waals surface area contributed by atoms with E-state index in [4.69, 9.17) is 4.74 Å². The van der Waals surface area contributed by atoms with Crippen molar-refractivity contribution in [2.75, 3.05) is 18.0 Å².